The molecule has 4 rings (SSSR count). The van der Waals surface area contributed by atoms with E-state index in [0.717, 1.165) is 0 Å². The largest absolute Gasteiger partial charge is 0.459 e. The molecule has 10 nitrogen and oxygen atoms in total. The zero-order chi connectivity index (χ0) is 19.9. The zero-order valence-electron chi connectivity index (χ0n) is 14.9. The van der Waals surface area contributed by atoms with E-state index < -0.39 is 21.7 Å². The van der Waals surface area contributed by atoms with Gasteiger partial charge < -0.3 is 9.64 Å². The van der Waals surface area contributed by atoms with Crippen LogP contribution < -0.4 is 0 Å². The summed E-state index contributed by atoms with van der Waals surface area (Å²) >= 11 is 1.58. The van der Waals surface area contributed by atoms with Crippen LogP contribution in [-0.4, -0.2) is 53.3 Å². The monoisotopic (exact) mass is 403 g/mol. The molecular formula is C17H17N5O5S. The molecule has 2 aromatic rings. The number of aromatic amines is 1. The molecule has 1 aromatic carbocycles. The Morgan fingerprint density at radius 2 is 2.21 bits per heavy atom. The maximum atomic E-state index is 12.9. The number of β-lactam (4-membered cyclic amide) rings is 1. The highest BCUT2D eigenvalue weighted by Crippen LogP contribution is 2.52. The van der Waals surface area contributed by atoms with Crippen LogP contribution >= 0.6 is 11.8 Å². The fraction of sp³-hybridized carbons (Fsp3) is 0.412. The van der Waals surface area contributed by atoms with Gasteiger partial charge in [-0.1, -0.05) is 0 Å². The molecule has 1 N–H and O–H groups in total. The van der Waals surface area contributed by atoms with Crippen molar-refractivity contribution >= 4 is 29.3 Å². The lowest BCUT2D eigenvalue weighted by molar-refractivity contribution is -0.384. The molecule has 0 spiro atoms. The summed E-state index contributed by atoms with van der Waals surface area (Å²) in [6.45, 7) is 1.90. The number of hydrogen-bond acceptors (Lipinski definition) is 8. The van der Waals surface area contributed by atoms with Gasteiger partial charge in [0.15, 0.2) is 0 Å². The molecular weight excluding hydrogens is 386 g/mol. The summed E-state index contributed by atoms with van der Waals surface area (Å²) in [6, 6.07) is 5.08. The molecule has 1 amide bonds. The maximum absolute atomic E-state index is 12.9. The Hall–Kier alpha value is -2.95. The molecule has 2 aliphatic rings. The molecule has 1 aromatic heterocycles. The number of nitrogens with one attached hydrogen (secondary N) is 1. The van der Waals surface area contributed by atoms with E-state index in [2.05, 4.69) is 15.4 Å². The minimum Gasteiger partial charge on any atom is -0.459 e. The van der Waals surface area contributed by atoms with Crippen molar-refractivity contribution in [1.29, 1.82) is 0 Å². The first-order valence-electron chi connectivity index (χ1n) is 8.61. The van der Waals surface area contributed by atoms with E-state index in [1.54, 1.807) is 35.0 Å². The van der Waals surface area contributed by atoms with E-state index in [4.69, 9.17) is 4.74 Å². The Balaban J connectivity index is 1.48. The van der Waals surface area contributed by atoms with Crippen LogP contribution in [0.4, 0.5) is 5.69 Å². The molecule has 0 bridgehead atoms. The molecule has 2 fully saturated rings. The number of carbonyl (C=O) groups excluding carboxylic acids is 2. The van der Waals surface area contributed by atoms with Crippen LogP contribution in [0.2, 0.25) is 0 Å². The normalized spacial score (nSPS) is 25.9. The van der Waals surface area contributed by atoms with E-state index in [0.29, 0.717) is 24.1 Å². The molecule has 2 aliphatic heterocycles. The van der Waals surface area contributed by atoms with Gasteiger partial charge in [-0.3, -0.25) is 14.9 Å². The van der Waals surface area contributed by atoms with Gasteiger partial charge >= 0.3 is 5.97 Å². The van der Waals surface area contributed by atoms with Crippen molar-refractivity contribution in [1.82, 2.24) is 20.3 Å². The predicted molar refractivity (Wildman–Crippen MR) is 98.0 cm³/mol. The Morgan fingerprint density at radius 3 is 2.82 bits per heavy atom. The number of esters is 1. The third-order valence-corrected chi connectivity index (χ3v) is 6.53. The van der Waals surface area contributed by atoms with E-state index in [-0.39, 0.29) is 23.6 Å². The number of thioether (sulfide) groups is 1. The second kappa shape index (κ2) is 6.89. The Morgan fingerprint density at radius 1 is 1.46 bits per heavy atom. The van der Waals surface area contributed by atoms with Gasteiger partial charge in [-0.15, -0.1) is 11.8 Å². The summed E-state index contributed by atoms with van der Waals surface area (Å²) in [4.78, 5) is 36.8. The van der Waals surface area contributed by atoms with Gasteiger partial charge in [0.1, 0.15) is 12.6 Å². The number of benzene rings is 1. The van der Waals surface area contributed by atoms with Crippen molar-refractivity contribution < 1.29 is 19.2 Å². The molecule has 28 heavy (non-hydrogen) atoms. The Bertz CT molecular complexity index is 919. The van der Waals surface area contributed by atoms with Crippen LogP contribution in [0.15, 0.2) is 30.5 Å². The second-order valence-corrected chi connectivity index (χ2v) is 8.67. The van der Waals surface area contributed by atoms with Gasteiger partial charge in [0.25, 0.3) is 5.69 Å². The molecule has 0 aliphatic carbocycles. The van der Waals surface area contributed by atoms with Crippen LogP contribution in [0.5, 0.6) is 0 Å². The van der Waals surface area contributed by atoms with Crippen LogP contribution in [0, 0.1) is 10.1 Å². The van der Waals surface area contributed by atoms with Gasteiger partial charge in [-0.25, -0.2) is 4.79 Å². The highest BCUT2D eigenvalue weighted by atomic mass is 32.2. The highest BCUT2D eigenvalue weighted by Gasteiger charge is 2.61. The van der Waals surface area contributed by atoms with Crippen molar-refractivity contribution in [3.63, 3.8) is 0 Å². The highest BCUT2D eigenvalue weighted by molar-refractivity contribution is 8.01. The summed E-state index contributed by atoms with van der Waals surface area (Å²) in [5, 5.41) is 21.1. The first kappa shape index (κ1) is 18.4. The lowest BCUT2D eigenvalue weighted by Crippen LogP contribution is -2.58. The molecule has 3 atom stereocenters. The molecule has 2 saturated heterocycles. The van der Waals surface area contributed by atoms with Gasteiger partial charge in [-0.05, 0) is 24.6 Å². The van der Waals surface area contributed by atoms with Gasteiger partial charge in [0.2, 0.25) is 5.91 Å². The number of non-ortho nitro benzene ring substituents is 1. The molecule has 146 valence electrons. The molecule has 0 radical (unpaired) electrons. The number of nitro benzene ring substituents is 1. The summed E-state index contributed by atoms with van der Waals surface area (Å²) in [5.74, 6) is -0.564. The number of fused-ring (bicyclic) bond motifs is 1. The number of ether oxygens (including phenoxy) is 1. The van der Waals surface area contributed by atoms with Crippen molar-refractivity contribution in [3.05, 3.63) is 51.8 Å². The van der Waals surface area contributed by atoms with Crippen molar-refractivity contribution in [2.45, 2.75) is 42.5 Å². The summed E-state index contributed by atoms with van der Waals surface area (Å²) in [6.07, 6.45) is 2.47. The second-order valence-electron chi connectivity index (χ2n) is 6.96. The third kappa shape index (κ3) is 3.21. The topological polar surface area (TPSA) is 131 Å². The number of nitro groups is 1. The minimum absolute atomic E-state index is 0.0231. The fourth-order valence-corrected chi connectivity index (χ4v) is 5.37. The molecule has 11 heteroatoms. The van der Waals surface area contributed by atoms with Crippen molar-refractivity contribution in [3.8, 4) is 0 Å². The van der Waals surface area contributed by atoms with Gasteiger partial charge in [0, 0.05) is 18.6 Å². The van der Waals surface area contributed by atoms with Crippen LogP contribution in [0.25, 0.3) is 0 Å². The predicted octanol–water partition coefficient (Wildman–Crippen LogP) is 1.43. The minimum atomic E-state index is -0.724. The van der Waals surface area contributed by atoms with Crippen LogP contribution in [0.3, 0.4) is 0 Å². The van der Waals surface area contributed by atoms with Gasteiger partial charge in [-0.2, -0.15) is 15.4 Å². The zero-order valence-corrected chi connectivity index (χ0v) is 15.7. The molecule has 0 saturated carbocycles. The average Bonchev–Trinajstić information content (AvgIpc) is 3.24. The van der Waals surface area contributed by atoms with Crippen LogP contribution in [0.1, 0.15) is 24.6 Å². The van der Waals surface area contributed by atoms with E-state index in [1.807, 2.05) is 6.92 Å². The Labute approximate surface area is 163 Å². The van der Waals surface area contributed by atoms with Crippen LogP contribution in [-0.2, 0) is 27.4 Å². The average molecular weight is 403 g/mol. The Kier molecular flexibility index (Phi) is 4.53. The number of rotatable bonds is 6. The summed E-state index contributed by atoms with van der Waals surface area (Å²) < 4.78 is 4.89. The lowest BCUT2D eigenvalue weighted by Gasteiger charge is -2.37. The van der Waals surface area contributed by atoms with E-state index in [9.17, 15) is 19.7 Å². The maximum Gasteiger partial charge on any atom is 0.330 e. The first-order chi connectivity index (χ1) is 13.4. The number of nitrogens with zero attached hydrogens (tertiary/aromatic N) is 4. The number of carbonyl (C=O) groups is 2. The number of hydrogen-bond donors (Lipinski definition) is 1. The number of H-pyrrole nitrogens is 1. The van der Waals surface area contributed by atoms with Gasteiger partial charge in [0.05, 0.1) is 33.4 Å². The fourth-order valence-electron chi connectivity index (χ4n) is 3.60. The van der Waals surface area contributed by atoms with Crippen molar-refractivity contribution in [2.24, 2.45) is 0 Å². The molecule has 3 heterocycles. The SMILES string of the molecule is C[C@@]1(Cc2cn[nH]n2)S[C@H]2CC(=O)N2[C@H]1C(=O)OCc1ccc([N+](=O)[O-])cc1. The smallest absolute Gasteiger partial charge is 0.330 e. The van der Waals surface area contributed by atoms with E-state index in [1.165, 1.54) is 12.1 Å². The van der Waals surface area contributed by atoms with E-state index >= 15 is 0 Å². The first-order valence-corrected chi connectivity index (χ1v) is 9.49. The number of amides is 1. The summed E-state index contributed by atoms with van der Waals surface area (Å²) in [5.41, 5.74) is 1.31. The summed E-state index contributed by atoms with van der Waals surface area (Å²) in [7, 11) is 0. The lowest BCUT2D eigenvalue weighted by atomic mass is 9.92. The standard InChI is InChI=1S/C17H17N5O5S/c1-17(7-11-8-18-20-19-11)15(21-13(23)6-14(21)28-17)16(24)27-9-10-2-4-12(5-3-10)22(25)26/h2-5,8,14-15H,6-7,9H2,1H3,(H,18,19,20)/t14-,15-,17-/m0/s1. The van der Waals surface area contributed by atoms with Crippen molar-refractivity contribution in [2.75, 3.05) is 0 Å². The molecule has 0 unspecified atom stereocenters. The third-order valence-electron chi connectivity index (χ3n) is 4.96. The quantitative estimate of drug-likeness (QED) is 0.332. The number of aromatic nitrogens is 3.